The second-order valence-electron chi connectivity index (χ2n) is 4.34. The van der Waals surface area contributed by atoms with Crippen LogP contribution in [0, 0.1) is 0 Å². The number of hydrogen-bond donors (Lipinski definition) is 0. The van der Waals surface area contributed by atoms with E-state index in [1.54, 1.807) is 6.33 Å². The Labute approximate surface area is 100 Å². The van der Waals surface area contributed by atoms with E-state index in [-0.39, 0.29) is 6.10 Å². The molecule has 0 spiro atoms. The van der Waals surface area contributed by atoms with Crippen molar-refractivity contribution in [1.82, 2.24) is 9.97 Å². The molecule has 0 aliphatic carbocycles. The Morgan fingerprint density at radius 2 is 2.18 bits per heavy atom. The van der Waals surface area contributed by atoms with Crippen molar-refractivity contribution in [3.8, 4) is 0 Å². The molecule has 2 aromatic rings. The summed E-state index contributed by atoms with van der Waals surface area (Å²) in [5.74, 6) is 1.02. The molecule has 1 aliphatic rings. The van der Waals surface area contributed by atoms with Crippen LogP contribution >= 0.6 is 0 Å². The third-order valence-electron chi connectivity index (χ3n) is 3.06. The Morgan fingerprint density at radius 3 is 3.06 bits per heavy atom. The largest absolute Gasteiger partial charge is 0.375 e. The minimum Gasteiger partial charge on any atom is -0.375 e. The molecule has 1 fully saturated rings. The molecule has 1 saturated heterocycles. The van der Waals surface area contributed by atoms with Crippen LogP contribution in [0.5, 0.6) is 0 Å². The van der Waals surface area contributed by atoms with Gasteiger partial charge >= 0.3 is 0 Å². The number of ether oxygens (including phenoxy) is 1. The average molecular weight is 229 g/mol. The van der Waals surface area contributed by atoms with Gasteiger partial charge in [0.2, 0.25) is 0 Å². The van der Waals surface area contributed by atoms with Crippen molar-refractivity contribution in [3.05, 3.63) is 30.6 Å². The van der Waals surface area contributed by atoms with Crippen molar-refractivity contribution in [2.75, 3.05) is 24.6 Å². The molecule has 3 rings (SSSR count). The van der Waals surface area contributed by atoms with E-state index < -0.39 is 0 Å². The van der Waals surface area contributed by atoms with Crippen molar-refractivity contribution < 1.29 is 4.74 Å². The Bertz CT molecular complexity index is 524. The number of anilines is 1. The summed E-state index contributed by atoms with van der Waals surface area (Å²) in [6.45, 7) is 4.64. The van der Waals surface area contributed by atoms with Crippen molar-refractivity contribution >= 4 is 16.7 Å². The van der Waals surface area contributed by atoms with Crippen LogP contribution in [-0.4, -0.2) is 35.8 Å². The summed E-state index contributed by atoms with van der Waals surface area (Å²) in [4.78, 5) is 11.0. The van der Waals surface area contributed by atoms with Gasteiger partial charge in [-0.2, -0.15) is 0 Å². The zero-order valence-electron chi connectivity index (χ0n) is 9.84. The summed E-state index contributed by atoms with van der Waals surface area (Å²) in [5.41, 5.74) is 0.997. The van der Waals surface area contributed by atoms with Crippen LogP contribution in [-0.2, 0) is 4.74 Å². The molecule has 0 saturated carbocycles. The van der Waals surface area contributed by atoms with Crippen LogP contribution in [0.15, 0.2) is 30.6 Å². The fraction of sp³-hybridized carbons (Fsp3) is 0.385. The summed E-state index contributed by atoms with van der Waals surface area (Å²) >= 11 is 0. The summed E-state index contributed by atoms with van der Waals surface area (Å²) < 4.78 is 5.56. The third kappa shape index (κ3) is 1.96. The molecule has 0 amide bonds. The van der Waals surface area contributed by atoms with E-state index in [0.29, 0.717) is 0 Å². The van der Waals surface area contributed by atoms with Gasteiger partial charge in [0.15, 0.2) is 0 Å². The fourth-order valence-electron chi connectivity index (χ4n) is 2.25. The highest BCUT2D eigenvalue weighted by Gasteiger charge is 2.19. The van der Waals surface area contributed by atoms with E-state index in [1.165, 1.54) is 0 Å². The molecule has 2 heterocycles. The maximum absolute atomic E-state index is 5.56. The maximum atomic E-state index is 5.56. The summed E-state index contributed by atoms with van der Waals surface area (Å²) in [6, 6.07) is 8.12. The molecule has 88 valence electrons. The van der Waals surface area contributed by atoms with E-state index in [2.05, 4.69) is 27.9 Å². The van der Waals surface area contributed by atoms with E-state index in [4.69, 9.17) is 4.74 Å². The quantitative estimate of drug-likeness (QED) is 0.748. The predicted molar refractivity (Wildman–Crippen MR) is 67.2 cm³/mol. The molecular formula is C13H15N3O. The van der Waals surface area contributed by atoms with Crippen LogP contribution < -0.4 is 4.90 Å². The molecule has 0 unspecified atom stereocenters. The van der Waals surface area contributed by atoms with E-state index in [1.807, 2.05) is 18.2 Å². The number of morpholine rings is 1. The van der Waals surface area contributed by atoms with Crippen molar-refractivity contribution in [2.45, 2.75) is 13.0 Å². The first-order valence-electron chi connectivity index (χ1n) is 5.91. The van der Waals surface area contributed by atoms with E-state index in [0.717, 1.165) is 36.4 Å². The van der Waals surface area contributed by atoms with Crippen LogP contribution in [0.4, 0.5) is 5.82 Å². The van der Waals surface area contributed by atoms with Gasteiger partial charge < -0.3 is 9.64 Å². The van der Waals surface area contributed by atoms with Gasteiger partial charge in [-0.05, 0) is 19.1 Å². The first-order chi connectivity index (χ1) is 8.34. The van der Waals surface area contributed by atoms with Gasteiger partial charge in [-0.25, -0.2) is 9.97 Å². The molecule has 4 nitrogen and oxygen atoms in total. The van der Waals surface area contributed by atoms with Crippen LogP contribution in [0.2, 0.25) is 0 Å². The molecule has 4 heteroatoms. The third-order valence-corrected chi connectivity index (χ3v) is 3.06. The Morgan fingerprint density at radius 1 is 1.29 bits per heavy atom. The zero-order valence-corrected chi connectivity index (χ0v) is 9.84. The second kappa shape index (κ2) is 4.30. The summed E-state index contributed by atoms with van der Waals surface area (Å²) in [6.07, 6.45) is 1.90. The fourth-order valence-corrected chi connectivity index (χ4v) is 2.25. The van der Waals surface area contributed by atoms with Gasteiger partial charge in [0.25, 0.3) is 0 Å². The number of aromatic nitrogens is 2. The minimum atomic E-state index is 0.262. The minimum absolute atomic E-state index is 0.262. The molecule has 0 N–H and O–H groups in total. The SMILES string of the molecule is C[C@H]1CN(c2ncnc3ccccc23)CCO1. The number of nitrogens with zero attached hydrogens (tertiary/aromatic N) is 3. The summed E-state index contributed by atoms with van der Waals surface area (Å²) in [7, 11) is 0. The predicted octanol–water partition coefficient (Wildman–Crippen LogP) is 1.85. The smallest absolute Gasteiger partial charge is 0.140 e. The number of rotatable bonds is 1. The van der Waals surface area contributed by atoms with Gasteiger partial charge in [-0.3, -0.25) is 0 Å². The van der Waals surface area contributed by atoms with E-state index in [9.17, 15) is 0 Å². The van der Waals surface area contributed by atoms with Gasteiger partial charge in [-0.1, -0.05) is 12.1 Å². The molecule has 1 aromatic carbocycles. The zero-order chi connectivity index (χ0) is 11.7. The second-order valence-corrected chi connectivity index (χ2v) is 4.34. The molecule has 1 aliphatic heterocycles. The molecule has 1 atom stereocenters. The lowest BCUT2D eigenvalue weighted by atomic mass is 10.2. The lowest BCUT2D eigenvalue weighted by Gasteiger charge is -2.32. The lowest BCUT2D eigenvalue weighted by Crippen LogP contribution is -2.41. The number of hydrogen-bond acceptors (Lipinski definition) is 4. The lowest BCUT2D eigenvalue weighted by molar-refractivity contribution is 0.0530. The molecule has 1 aromatic heterocycles. The van der Waals surface area contributed by atoms with Crippen molar-refractivity contribution in [1.29, 1.82) is 0 Å². The van der Waals surface area contributed by atoms with Crippen molar-refractivity contribution in [2.24, 2.45) is 0 Å². The Kier molecular flexibility index (Phi) is 2.65. The highest BCUT2D eigenvalue weighted by molar-refractivity contribution is 5.89. The van der Waals surface area contributed by atoms with Crippen LogP contribution in [0.1, 0.15) is 6.92 Å². The normalized spacial score (nSPS) is 20.8. The first-order valence-corrected chi connectivity index (χ1v) is 5.91. The number of fused-ring (bicyclic) bond motifs is 1. The molecular weight excluding hydrogens is 214 g/mol. The van der Waals surface area contributed by atoms with Crippen LogP contribution in [0.25, 0.3) is 10.9 Å². The monoisotopic (exact) mass is 229 g/mol. The van der Waals surface area contributed by atoms with Gasteiger partial charge in [-0.15, -0.1) is 0 Å². The van der Waals surface area contributed by atoms with Gasteiger partial charge in [0.05, 0.1) is 18.2 Å². The topological polar surface area (TPSA) is 38.2 Å². The van der Waals surface area contributed by atoms with Gasteiger partial charge in [0, 0.05) is 18.5 Å². The molecule has 0 radical (unpaired) electrons. The Balaban J connectivity index is 2.04. The molecule has 0 bridgehead atoms. The summed E-state index contributed by atoms with van der Waals surface area (Å²) in [5, 5.41) is 1.11. The average Bonchev–Trinajstić information content (AvgIpc) is 2.38. The molecule has 17 heavy (non-hydrogen) atoms. The van der Waals surface area contributed by atoms with E-state index >= 15 is 0 Å². The number of para-hydroxylation sites is 1. The standard InChI is InChI=1S/C13H15N3O/c1-10-8-16(6-7-17-10)13-11-4-2-3-5-12(11)14-9-15-13/h2-5,9-10H,6-8H2,1H3/t10-/m0/s1. The van der Waals surface area contributed by atoms with Crippen molar-refractivity contribution in [3.63, 3.8) is 0 Å². The number of benzene rings is 1. The highest BCUT2D eigenvalue weighted by atomic mass is 16.5. The van der Waals surface area contributed by atoms with Crippen LogP contribution in [0.3, 0.4) is 0 Å². The highest BCUT2D eigenvalue weighted by Crippen LogP contribution is 2.23. The first kappa shape index (κ1) is 10.5. The van der Waals surface area contributed by atoms with Gasteiger partial charge in [0.1, 0.15) is 12.1 Å². The maximum Gasteiger partial charge on any atom is 0.140 e. The Hall–Kier alpha value is -1.68.